The lowest BCUT2D eigenvalue weighted by molar-refractivity contribution is 0.812. The lowest BCUT2D eigenvalue weighted by Gasteiger charge is -2.01. The maximum Gasteiger partial charge on any atom is 0.158 e. The largest absolute Gasteiger partial charge is 0.241 e. The van der Waals surface area contributed by atoms with Crippen LogP contribution in [0.3, 0.4) is 0 Å². The monoisotopic (exact) mass is 189 g/mol. The van der Waals surface area contributed by atoms with Crippen LogP contribution in [0.5, 0.6) is 0 Å². The Morgan fingerprint density at radius 2 is 2.21 bits per heavy atom. The van der Waals surface area contributed by atoms with Crippen molar-refractivity contribution < 1.29 is 0 Å². The minimum atomic E-state index is 0.765. The van der Waals surface area contributed by atoms with Gasteiger partial charge in [-0.25, -0.2) is 19.6 Å². The summed E-state index contributed by atoms with van der Waals surface area (Å²) in [6.45, 7) is 2.12. The first-order valence-corrected chi connectivity index (χ1v) is 4.56. The number of aromatic nitrogens is 5. The van der Waals surface area contributed by atoms with E-state index in [1.807, 2.05) is 6.07 Å². The fourth-order valence-electron chi connectivity index (χ4n) is 1.23. The van der Waals surface area contributed by atoms with Crippen molar-refractivity contribution in [3.05, 3.63) is 30.7 Å². The van der Waals surface area contributed by atoms with Gasteiger partial charge >= 0.3 is 0 Å². The van der Waals surface area contributed by atoms with Gasteiger partial charge in [-0.15, -0.1) is 0 Å². The second-order valence-corrected chi connectivity index (χ2v) is 2.96. The van der Waals surface area contributed by atoms with Gasteiger partial charge in [0.15, 0.2) is 5.82 Å². The van der Waals surface area contributed by atoms with Gasteiger partial charge in [-0.05, 0) is 6.42 Å². The molecule has 0 spiro atoms. The van der Waals surface area contributed by atoms with Crippen molar-refractivity contribution in [2.24, 2.45) is 0 Å². The molecule has 0 aliphatic heterocycles. The SMILES string of the molecule is CCCc1cc(-n2cncn2)ncn1. The summed E-state index contributed by atoms with van der Waals surface area (Å²) in [6, 6.07) is 1.93. The van der Waals surface area contributed by atoms with E-state index in [-0.39, 0.29) is 0 Å². The molecule has 0 atom stereocenters. The van der Waals surface area contributed by atoms with Crippen molar-refractivity contribution in [2.45, 2.75) is 19.8 Å². The van der Waals surface area contributed by atoms with Crippen LogP contribution in [0.4, 0.5) is 0 Å². The lowest BCUT2D eigenvalue weighted by Crippen LogP contribution is -2.00. The Morgan fingerprint density at radius 1 is 1.29 bits per heavy atom. The molecule has 72 valence electrons. The molecule has 5 nitrogen and oxygen atoms in total. The Bertz CT molecular complexity index is 395. The van der Waals surface area contributed by atoms with E-state index in [2.05, 4.69) is 27.0 Å². The molecule has 0 aromatic carbocycles. The molecule has 0 unspecified atom stereocenters. The number of rotatable bonds is 3. The number of aryl methyl sites for hydroxylation is 1. The highest BCUT2D eigenvalue weighted by atomic mass is 15.3. The van der Waals surface area contributed by atoms with Crippen LogP contribution in [-0.4, -0.2) is 24.7 Å². The summed E-state index contributed by atoms with van der Waals surface area (Å²) in [6.07, 6.45) is 6.71. The van der Waals surface area contributed by atoms with Gasteiger partial charge in [-0.3, -0.25) is 0 Å². The molecule has 14 heavy (non-hydrogen) atoms. The summed E-state index contributed by atoms with van der Waals surface area (Å²) >= 11 is 0. The number of nitrogens with zero attached hydrogens (tertiary/aromatic N) is 5. The molecule has 0 amide bonds. The summed E-state index contributed by atoms with van der Waals surface area (Å²) in [5.41, 5.74) is 1.04. The van der Waals surface area contributed by atoms with Crippen LogP contribution in [0.2, 0.25) is 0 Å². The van der Waals surface area contributed by atoms with Crippen molar-refractivity contribution in [3.8, 4) is 5.82 Å². The Labute approximate surface area is 81.8 Å². The average molecular weight is 189 g/mol. The Balaban J connectivity index is 2.31. The van der Waals surface area contributed by atoms with Crippen LogP contribution < -0.4 is 0 Å². The second-order valence-electron chi connectivity index (χ2n) is 2.96. The molecular formula is C9H11N5. The molecule has 0 N–H and O–H groups in total. The fourth-order valence-corrected chi connectivity index (χ4v) is 1.23. The van der Waals surface area contributed by atoms with Gasteiger partial charge in [-0.1, -0.05) is 13.3 Å². The Morgan fingerprint density at radius 3 is 2.93 bits per heavy atom. The smallest absolute Gasteiger partial charge is 0.158 e. The molecular weight excluding hydrogens is 178 g/mol. The van der Waals surface area contributed by atoms with Crippen molar-refractivity contribution in [1.29, 1.82) is 0 Å². The zero-order chi connectivity index (χ0) is 9.80. The highest BCUT2D eigenvalue weighted by Crippen LogP contribution is 2.04. The molecule has 0 saturated heterocycles. The average Bonchev–Trinajstić information content (AvgIpc) is 2.71. The molecule has 0 aliphatic rings. The lowest BCUT2D eigenvalue weighted by atomic mass is 10.2. The van der Waals surface area contributed by atoms with E-state index < -0.39 is 0 Å². The summed E-state index contributed by atoms with van der Waals surface area (Å²) in [5, 5.41) is 4.00. The molecule has 2 heterocycles. The second kappa shape index (κ2) is 3.95. The normalized spacial score (nSPS) is 10.4. The molecule has 0 radical (unpaired) electrons. The van der Waals surface area contributed by atoms with E-state index in [9.17, 15) is 0 Å². The summed E-state index contributed by atoms with van der Waals surface area (Å²) in [4.78, 5) is 12.1. The van der Waals surface area contributed by atoms with Crippen LogP contribution in [0.25, 0.3) is 5.82 Å². The molecule has 2 aromatic rings. The first kappa shape index (κ1) is 8.80. The van der Waals surface area contributed by atoms with Crippen LogP contribution in [-0.2, 0) is 6.42 Å². The summed E-state index contributed by atoms with van der Waals surface area (Å²) < 4.78 is 1.63. The van der Waals surface area contributed by atoms with E-state index in [1.165, 1.54) is 6.33 Å². The van der Waals surface area contributed by atoms with Gasteiger partial charge in [0.2, 0.25) is 0 Å². The highest BCUT2D eigenvalue weighted by Gasteiger charge is 2.00. The third-order valence-electron chi connectivity index (χ3n) is 1.87. The van der Waals surface area contributed by atoms with Gasteiger partial charge in [0.05, 0.1) is 0 Å². The van der Waals surface area contributed by atoms with Crippen LogP contribution in [0, 0.1) is 0 Å². The maximum atomic E-state index is 4.17. The maximum absolute atomic E-state index is 4.17. The molecule has 0 fully saturated rings. The third kappa shape index (κ3) is 1.76. The molecule has 5 heteroatoms. The predicted octanol–water partition coefficient (Wildman–Crippen LogP) is 1.01. The van der Waals surface area contributed by atoms with Crippen LogP contribution >= 0.6 is 0 Å². The van der Waals surface area contributed by atoms with E-state index in [0.29, 0.717) is 0 Å². The molecule has 2 rings (SSSR count). The Hall–Kier alpha value is -1.78. The molecule has 0 bridgehead atoms. The van der Waals surface area contributed by atoms with Crippen molar-refractivity contribution >= 4 is 0 Å². The Kier molecular flexibility index (Phi) is 2.48. The van der Waals surface area contributed by atoms with E-state index in [1.54, 1.807) is 17.3 Å². The van der Waals surface area contributed by atoms with Gasteiger partial charge < -0.3 is 0 Å². The fraction of sp³-hybridized carbons (Fsp3) is 0.333. The van der Waals surface area contributed by atoms with Crippen molar-refractivity contribution in [3.63, 3.8) is 0 Å². The van der Waals surface area contributed by atoms with Gasteiger partial charge in [0.25, 0.3) is 0 Å². The topological polar surface area (TPSA) is 56.5 Å². The van der Waals surface area contributed by atoms with Crippen LogP contribution in [0.1, 0.15) is 19.0 Å². The summed E-state index contributed by atoms with van der Waals surface area (Å²) in [5.74, 6) is 0.765. The van der Waals surface area contributed by atoms with Gasteiger partial charge in [-0.2, -0.15) is 5.10 Å². The van der Waals surface area contributed by atoms with E-state index in [0.717, 1.165) is 24.4 Å². The predicted molar refractivity (Wildman–Crippen MR) is 50.9 cm³/mol. The number of hydrogen-bond donors (Lipinski definition) is 0. The van der Waals surface area contributed by atoms with Crippen LogP contribution in [0.15, 0.2) is 25.0 Å². The van der Waals surface area contributed by atoms with Gasteiger partial charge in [0, 0.05) is 11.8 Å². The minimum Gasteiger partial charge on any atom is -0.241 e. The third-order valence-corrected chi connectivity index (χ3v) is 1.87. The number of hydrogen-bond acceptors (Lipinski definition) is 4. The zero-order valence-corrected chi connectivity index (χ0v) is 7.96. The molecule has 0 saturated carbocycles. The summed E-state index contributed by atoms with van der Waals surface area (Å²) in [7, 11) is 0. The minimum absolute atomic E-state index is 0.765. The van der Waals surface area contributed by atoms with Crippen molar-refractivity contribution in [1.82, 2.24) is 24.7 Å². The molecule has 2 aromatic heterocycles. The van der Waals surface area contributed by atoms with Gasteiger partial charge in [0.1, 0.15) is 19.0 Å². The standard InChI is InChI=1S/C9H11N5/c1-2-3-8-4-9(12-6-11-8)14-7-10-5-13-14/h4-7H,2-3H2,1H3. The van der Waals surface area contributed by atoms with E-state index in [4.69, 9.17) is 0 Å². The first-order valence-electron chi connectivity index (χ1n) is 4.56. The van der Waals surface area contributed by atoms with E-state index >= 15 is 0 Å². The van der Waals surface area contributed by atoms with Crippen molar-refractivity contribution in [2.75, 3.05) is 0 Å². The zero-order valence-electron chi connectivity index (χ0n) is 7.96. The quantitative estimate of drug-likeness (QED) is 0.723. The first-order chi connectivity index (χ1) is 6.90. The highest BCUT2D eigenvalue weighted by molar-refractivity contribution is 5.21. The molecule has 0 aliphatic carbocycles.